The molecule has 4 rings (SSSR count). The minimum atomic E-state index is -0.409. The smallest absolute Gasteiger partial charge is 0.277 e. The number of para-hydroxylation sites is 1. The molecule has 8 heteroatoms. The second kappa shape index (κ2) is 10.6. The fraction of sp³-hybridized carbons (Fsp3) is 0.0400. The van der Waals surface area contributed by atoms with Crippen molar-refractivity contribution in [3.63, 3.8) is 0 Å². The molecule has 166 valence electrons. The Hall–Kier alpha value is -3.25. The third kappa shape index (κ3) is 5.76. The molecule has 5 nitrogen and oxygen atoms in total. The maximum Gasteiger partial charge on any atom is 0.277 e. The van der Waals surface area contributed by atoms with Crippen molar-refractivity contribution in [2.45, 2.75) is 0 Å². The average Bonchev–Trinajstić information content (AvgIpc) is 3.29. The molecule has 1 heterocycles. The molecular formula is C25H17Cl3N2O3. The van der Waals surface area contributed by atoms with Crippen LogP contribution in [0.5, 0.6) is 5.75 Å². The first-order valence-electron chi connectivity index (χ1n) is 9.85. The Morgan fingerprint density at radius 1 is 0.879 bits per heavy atom. The van der Waals surface area contributed by atoms with Crippen molar-refractivity contribution in [1.82, 2.24) is 5.43 Å². The molecule has 0 aliphatic carbocycles. The first-order chi connectivity index (χ1) is 16.0. The van der Waals surface area contributed by atoms with Crippen LogP contribution in [0.25, 0.3) is 22.5 Å². The van der Waals surface area contributed by atoms with E-state index in [0.717, 1.165) is 11.1 Å². The Labute approximate surface area is 205 Å². The number of hydrazone groups is 1. The predicted molar refractivity (Wildman–Crippen MR) is 132 cm³/mol. The molecule has 1 aromatic heterocycles. The van der Waals surface area contributed by atoms with Crippen LogP contribution in [0, 0.1) is 0 Å². The molecule has 3 aromatic carbocycles. The summed E-state index contributed by atoms with van der Waals surface area (Å²) in [6, 6.07) is 23.9. The standard InChI is InChI=1S/C25H17Cl3N2O3/c26-20-13-22(28)21(27)12-19(20)24-11-10-17(33-24)14-29-30-25(31)15-32-23-9-5-4-8-18(23)16-6-2-1-3-7-16/h1-14H,15H2,(H,30,31)/b29-14-. The summed E-state index contributed by atoms with van der Waals surface area (Å²) in [5, 5.41) is 5.04. The van der Waals surface area contributed by atoms with Crippen LogP contribution in [-0.2, 0) is 4.79 Å². The van der Waals surface area contributed by atoms with Crippen LogP contribution in [0.15, 0.2) is 88.4 Å². The molecule has 0 aliphatic heterocycles. The molecule has 0 saturated carbocycles. The number of carbonyl (C=O) groups is 1. The number of carbonyl (C=O) groups excluding carboxylic acids is 1. The second-order valence-corrected chi connectivity index (χ2v) is 8.11. The van der Waals surface area contributed by atoms with E-state index in [4.69, 9.17) is 44.0 Å². The van der Waals surface area contributed by atoms with Crippen LogP contribution in [0.3, 0.4) is 0 Å². The summed E-state index contributed by atoms with van der Waals surface area (Å²) in [6.07, 6.45) is 1.38. The number of halogens is 3. The fourth-order valence-electron chi connectivity index (χ4n) is 3.07. The summed E-state index contributed by atoms with van der Waals surface area (Å²) in [5.41, 5.74) is 4.92. The number of nitrogens with zero attached hydrogens (tertiary/aromatic N) is 1. The van der Waals surface area contributed by atoms with E-state index >= 15 is 0 Å². The van der Waals surface area contributed by atoms with Gasteiger partial charge >= 0.3 is 0 Å². The molecule has 1 N–H and O–H groups in total. The zero-order valence-corrected chi connectivity index (χ0v) is 19.4. The number of furan rings is 1. The van der Waals surface area contributed by atoms with Gasteiger partial charge in [0, 0.05) is 11.1 Å². The highest BCUT2D eigenvalue weighted by atomic mass is 35.5. The third-order valence-corrected chi connectivity index (χ3v) is 5.65. The highest BCUT2D eigenvalue weighted by Crippen LogP contribution is 2.35. The molecular weight excluding hydrogens is 483 g/mol. The quantitative estimate of drug-likeness (QED) is 0.167. The minimum absolute atomic E-state index is 0.191. The van der Waals surface area contributed by atoms with Gasteiger partial charge in [-0.1, -0.05) is 83.3 Å². The molecule has 0 radical (unpaired) electrons. The van der Waals surface area contributed by atoms with E-state index in [1.54, 1.807) is 24.3 Å². The van der Waals surface area contributed by atoms with Crippen LogP contribution in [-0.4, -0.2) is 18.7 Å². The van der Waals surface area contributed by atoms with Crippen LogP contribution in [0.4, 0.5) is 0 Å². The summed E-state index contributed by atoms with van der Waals surface area (Å²) in [4.78, 5) is 12.2. The minimum Gasteiger partial charge on any atom is -0.483 e. The van der Waals surface area contributed by atoms with Gasteiger partial charge in [0.2, 0.25) is 0 Å². The molecule has 0 atom stereocenters. The van der Waals surface area contributed by atoms with Crippen molar-refractivity contribution in [3.05, 3.63) is 99.7 Å². The van der Waals surface area contributed by atoms with Crippen molar-refractivity contribution in [2.75, 3.05) is 6.61 Å². The van der Waals surface area contributed by atoms with Crippen molar-refractivity contribution in [2.24, 2.45) is 5.10 Å². The zero-order chi connectivity index (χ0) is 23.2. The van der Waals surface area contributed by atoms with Crippen LogP contribution in [0.1, 0.15) is 5.76 Å². The maximum atomic E-state index is 12.2. The molecule has 0 saturated heterocycles. The Kier molecular flexibility index (Phi) is 7.35. The first-order valence-corrected chi connectivity index (χ1v) is 11.0. The topological polar surface area (TPSA) is 63.8 Å². The summed E-state index contributed by atoms with van der Waals surface area (Å²) >= 11 is 18.2. The van der Waals surface area contributed by atoms with Gasteiger partial charge < -0.3 is 9.15 Å². The van der Waals surface area contributed by atoms with E-state index in [1.807, 2.05) is 54.6 Å². The monoisotopic (exact) mass is 498 g/mol. The Bertz CT molecular complexity index is 1300. The van der Waals surface area contributed by atoms with Crippen molar-refractivity contribution >= 4 is 46.9 Å². The number of nitrogens with one attached hydrogen (secondary N) is 1. The molecule has 0 unspecified atom stereocenters. The van der Waals surface area contributed by atoms with Gasteiger partial charge in [0.25, 0.3) is 5.91 Å². The molecule has 33 heavy (non-hydrogen) atoms. The molecule has 0 fully saturated rings. The van der Waals surface area contributed by atoms with Gasteiger partial charge in [0.1, 0.15) is 17.3 Å². The SMILES string of the molecule is O=C(COc1ccccc1-c1ccccc1)N/N=C\c1ccc(-c2cc(Cl)c(Cl)cc2Cl)o1. The van der Waals surface area contributed by atoms with Gasteiger partial charge in [-0.15, -0.1) is 0 Å². The van der Waals surface area contributed by atoms with E-state index < -0.39 is 5.91 Å². The third-order valence-electron chi connectivity index (χ3n) is 4.61. The van der Waals surface area contributed by atoms with E-state index in [0.29, 0.717) is 37.9 Å². The summed E-state index contributed by atoms with van der Waals surface area (Å²) in [7, 11) is 0. The van der Waals surface area contributed by atoms with Gasteiger partial charge in [0.05, 0.1) is 21.3 Å². The largest absolute Gasteiger partial charge is 0.483 e. The van der Waals surface area contributed by atoms with E-state index in [9.17, 15) is 4.79 Å². The number of benzene rings is 3. The predicted octanol–water partition coefficient (Wildman–Crippen LogP) is 7.10. The molecule has 0 aliphatic rings. The maximum absolute atomic E-state index is 12.2. The zero-order valence-electron chi connectivity index (χ0n) is 17.1. The number of hydrogen-bond acceptors (Lipinski definition) is 4. The highest BCUT2D eigenvalue weighted by molar-refractivity contribution is 6.44. The van der Waals surface area contributed by atoms with E-state index in [-0.39, 0.29) is 6.61 Å². The van der Waals surface area contributed by atoms with Gasteiger partial charge in [-0.25, -0.2) is 5.43 Å². The lowest BCUT2D eigenvalue weighted by molar-refractivity contribution is -0.123. The van der Waals surface area contributed by atoms with Crippen molar-refractivity contribution in [1.29, 1.82) is 0 Å². The molecule has 0 spiro atoms. The van der Waals surface area contributed by atoms with Gasteiger partial charge in [-0.05, 0) is 35.9 Å². The lowest BCUT2D eigenvalue weighted by atomic mass is 10.1. The number of ether oxygens (including phenoxy) is 1. The number of hydrogen-bond donors (Lipinski definition) is 1. The Balaban J connectivity index is 1.35. The van der Waals surface area contributed by atoms with E-state index in [1.165, 1.54) is 6.21 Å². The van der Waals surface area contributed by atoms with Crippen molar-refractivity contribution < 1.29 is 13.9 Å². The Morgan fingerprint density at radius 2 is 1.61 bits per heavy atom. The van der Waals surface area contributed by atoms with Crippen LogP contribution < -0.4 is 10.2 Å². The summed E-state index contributed by atoms with van der Waals surface area (Å²) in [5.74, 6) is 1.11. The molecule has 1 amide bonds. The Morgan fingerprint density at radius 3 is 2.42 bits per heavy atom. The molecule has 0 bridgehead atoms. The lowest BCUT2D eigenvalue weighted by Crippen LogP contribution is -2.24. The second-order valence-electron chi connectivity index (χ2n) is 6.89. The van der Waals surface area contributed by atoms with Gasteiger partial charge in [0.15, 0.2) is 6.61 Å². The highest BCUT2D eigenvalue weighted by Gasteiger charge is 2.12. The van der Waals surface area contributed by atoms with E-state index in [2.05, 4.69) is 10.5 Å². The normalized spacial score (nSPS) is 11.0. The van der Waals surface area contributed by atoms with Crippen LogP contribution in [0.2, 0.25) is 15.1 Å². The summed E-state index contributed by atoms with van der Waals surface area (Å²) < 4.78 is 11.4. The van der Waals surface area contributed by atoms with Crippen LogP contribution >= 0.6 is 34.8 Å². The number of rotatable bonds is 7. The van der Waals surface area contributed by atoms with Gasteiger partial charge in [-0.3, -0.25) is 4.79 Å². The average molecular weight is 500 g/mol. The lowest BCUT2D eigenvalue weighted by Gasteiger charge is -2.10. The summed E-state index contributed by atoms with van der Waals surface area (Å²) in [6.45, 7) is -0.191. The molecule has 4 aromatic rings. The first kappa shape index (κ1) is 22.9. The van der Waals surface area contributed by atoms with Crippen molar-refractivity contribution in [3.8, 4) is 28.2 Å². The van der Waals surface area contributed by atoms with Gasteiger partial charge in [-0.2, -0.15) is 5.10 Å². The fourth-order valence-corrected chi connectivity index (χ4v) is 3.71. The number of amides is 1.